The van der Waals surface area contributed by atoms with Crippen LogP contribution in [0.25, 0.3) is 11.0 Å². The number of benzene rings is 3. The van der Waals surface area contributed by atoms with Crippen LogP contribution in [0.2, 0.25) is 0 Å². The molecule has 5 rings (SSSR count). The third-order valence-corrected chi connectivity index (χ3v) is 7.06. The van der Waals surface area contributed by atoms with E-state index in [-0.39, 0.29) is 11.9 Å². The quantitative estimate of drug-likeness (QED) is 0.323. The van der Waals surface area contributed by atoms with E-state index < -0.39 is 0 Å². The van der Waals surface area contributed by atoms with Crippen molar-refractivity contribution in [3.63, 3.8) is 0 Å². The van der Waals surface area contributed by atoms with Gasteiger partial charge in [0.05, 0.1) is 25.9 Å². The van der Waals surface area contributed by atoms with E-state index in [1.807, 2.05) is 72.8 Å². The van der Waals surface area contributed by atoms with Gasteiger partial charge in [-0.3, -0.25) is 9.69 Å². The highest BCUT2D eigenvalue weighted by Gasteiger charge is 2.34. The van der Waals surface area contributed by atoms with E-state index in [0.29, 0.717) is 22.9 Å². The smallest absolute Gasteiger partial charge is 0.255 e. The van der Waals surface area contributed by atoms with Crippen LogP contribution in [0.4, 0.5) is 5.69 Å². The molecule has 1 aliphatic rings. The van der Waals surface area contributed by atoms with Gasteiger partial charge < -0.3 is 19.2 Å². The predicted molar refractivity (Wildman–Crippen MR) is 142 cm³/mol. The van der Waals surface area contributed by atoms with Gasteiger partial charge in [0.25, 0.3) is 5.91 Å². The SMILES string of the molecule is COc1ccc(OC)c(C(c2oc3ccccc3c2NC(=O)c2ccccc2)N2CCC(C)CC2)c1. The lowest BCUT2D eigenvalue weighted by Gasteiger charge is -2.37. The second-order valence-electron chi connectivity index (χ2n) is 9.39. The second kappa shape index (κ2) is 10.5. The zero-order valence-electron chi connectivity index (χ0n) is 21.0. The summed E-state index contributed by atoms with van der Waals surface area (Å²) in [5.41, 5.74) is 2.96. The van der Waals surface area contributed by atoms with Crippen molar-refractivity contribution < 1.29 is 18.7 Å². The molecule has 4 aromatic rings. The molecule has 0 radical (unpaired) electrons. The number of carbonyl (C=O) groups is 1. The van der Waals surface area contributed by atoms with Crippen molar-refractivity contribution >= 4 is 22.6 Å². The Labute approximate surface area is 211 Å². The fourth-order valence-corrected chi connectivity index (χ4v) is 5.00. The zero-order chi connectivity index (χ0) is 25.1. The Balaban J connectivity index is 1.68. The number of hydrogen-bond donors (Lipinski definition) is 1. The fourth-order valence-electron chi connectivity index (χ4n) is 5.00. The Kier molecular flexibility index (Phi) is 6.96. The third kappa shape index (κ3) is 4.69. The first-order valence-corrected chi connectivity index (χ1v) is 12.4. The number of amides is 1. The fraction of sp³-hybridized carbons (Fsp3) is 0.300. The topological polar surface area (TPSA) is 63.9 Å². The molecule has 0 aliphatic carbocycles. The Morgan fingerprint density at radius 2 is 1.69 bits per heavy atom. The van der Waals surface area contributed by atoms with Gasteiger partial charge in [-0.1, -0.05) is 37.3 Å². The maximum absolute atomic E-state index is 13.3. The third-order valence-electron chi connectivity index (χ3n) is 7.06. The maximum atomic E-state index is 13.3. The van der Waals surface area contributed by atoms with Crippen LogP contribution in [0.15, 0.2) is 77.2 Å². The minimum Gasteiger partial charge on any atom is -0.497 e. The first-order chi connectivity index (χ1) is 17.6. The van der Waals surface area contributed by atoms with Crippen molar-refractivity contribution in [2.45, 2.75) is 25.8 Å². The van der Waals surface area contributed by atoms with Crippen molar-refractivity contribution in [2.75, 3.05) is 32.6 Å². The largest absolute Gasteiger partial charge is 0.497 e. The van der Waals surface area contributed by atoms with E-state index in [4.69, 9.17) is 13.9 Å². The first kappa shape index (κ1) is 23.9. The van der Waals surface area contributed by atoms with Crippen LogP contribution in [0, 0.1) is 5.92 Å². The summed E-state index contributed by atoms with van der Waals surface area (Å²) in [5.74, 6) is 2.68. The molecule has 1 N–H and O–H groups in total. The molecule has 6 nitrogen and oxygen atoms in total. The van der Waals surface area contributed by atoms with Gasteiger partial charge in [0.1, 0.15) is 17.1 Å². The van der Waals surface area contributed by atoms with E-state index in [1.54, 1.807) is 14.2 Å². The van der Waals surface area contributed by atoms with Crippen molar-refractivity contribution in [1.29, 1.82) is 0 Å². The van der Waals surface area contributed by atoms with Crippen LogP contribution in [0.3, 0.4) is 0 Å². The Morgan fingerprint density at radius 1 is 0.972 bits per heavy atom. The second-order valence-corrected chi connectivity index (χ2v) is 9.39. The van der Waals surface area contributed by atoms with Crippen LogP contribution < -0.4 is 14.8 Å². The number of anilines is 1. The number of rotatable bonds is 7. The lowest BCUT2D eigenvalue weighted by atomic mass is 9.93. The minimum atomic E-state index is -0.263. The molecule has 2 heterocycles. The predicted octanol–water partition coefficient (Wildman–Crippen LogP) is 6.52. The van der Waals surface area contributed by atoms with Crippen LogP contribution >= 0.6 is 0 Å². The number of ether oxygens (including phenoxy) is 2. The molecular formula is C30H32N2O4. The Bertz CT molecular complexity index is 1340. The number of fused-ring (bicyclic) bond motifs is 1. The number of carbonyl (C=O) groups excluding carboxylic acids is 1. The lowest BCUT2D eigenvalue weighted by molar-refractivity contribution is 0.102. The van der Waals surface area contributed by atoms with E-state index in [0.717, 1.165) is 54.0 Å². The number of para-hydroxylation sites is 1. The number of hydrogen-bond acceptors (Lipinski definition) is 5. The Morgan fingerprint density at radius 3 is 2.42 bits per heavy atom. The molecule has 1 saturated heterocycles. The number of nitrogens with one attached hydrogen (secondary N) is 1. The van der Waals surface area contributed by atoms with Crippen LogP contribution in [-0.2, 0) is 0 Å². The summed E-state index contributed by atoms with van der Waals surface area (Å²) in [6.07, 6.45) is 2.18. The molecule has 6 heteroatoms. The molecular weight excluding hydrogens is 452 g/mol. The summed E-state index contributed by atoms with van der Waals surface area (Å²) in [6.45, 7) is 4.12. The highest BCUT2D eigenvalue weighted by molar-refractivity contribution is 6.09. The molecule has 3 aromatic carbocycles. The van der Waals surface area contributed by atoms with Crippen LogP contribution in [0.5, 0.6) is 11.5 Å². The molecule has 0 bridgehead atoms. The number of piperidine rings is 1. The van der Waals surface area contributed by atoms with Gasteiger partial charge in [0, 0.05) is 16.5 Å². The van der Waals surface area contributed by atoms with Gasteiger partial charge in [-0.25, -0.2) is 0 Å². The average molecular weight is 485 g/mol. The number of likely N-dealkylation sites (tertiary alicyclic amines) is 1. The van der Waals surface area contributed by atoms with Crippen molar-refractivity contribution in [3.05, 3.63) is 89.7 Å². The van der Waals surface area contributed by atoms with Gasteiger partial charge in [-0.05, 0) is 74.3 Å². The van der Waals surface area contributed by atoms with Gasteiger partial charge in [-0.15, -0.1) is 0 Å². The average Bonchev–Trinajstić information content (AvgIpc) is 3.28. The van der Waals surface area contributed by atoms with Crippen LogP contribution in [0.1, 0.15) is 47.5 Å². The summed E-state index contributed by atoms with van der Waals surface area (Å²) >= 11 is 0. The molecule has 1 aliphatic heterocycles. The van der Waals surface area contributed by atoms with E-state index in [2.05, 4.69) is 17.1 Å². The van der Waals surface area contributed by atoms with E-state index in [1.165, 1.54) is 0 Å². The highest BCUT2D eigenvalue weighted by Crippen LogP contribution is 2.45. The molecule has 186 valence electrons. The molecule has 0 spiro atoms. The number of methoxy groups -OCH3 is 2. The highest BCUT2D eigenvalue weighted by atomic mass is 16.5. The van der Waals surface area contributed by atoms with Crippen LogP contribution in [-0.4, -0.2) is 38.1 Å². The monoisotopic (exact) mass is 484 g/mol. The van der Waals surface area contributed by atoms with E-state index >= 15 is 0 Å². The van der Waals surface area contributed by atoms with Crippen molar-refractivity contribution in [2.24, 2.45) is 5.92 Å². The molecule has 1 atom stereocenters. The standard InChI is InChI=1S/C30H32N2O4/c1-20-15-17-32(18-16-20)28(24-19-22(34-2)13-14-25(24)35-3)29-27(23-11-7-8-12-26(23)36-29)31-30(33)21-9-5-4-6-10-21/h4-14,19-20,28H,15-18H2,1-3H3,(H,31,33). The van der Waals surface area contributed by atoms with Crippen molar-refractivity contribution in [1.82, 2.24) is 4.90 Å². The summed E-state index contributed by atoms with van der Waals surface area (Å²) in [7, 11) is 3.34. The summed E-state index contributed by atoms with van der Waals surface area (Å²) in [4.78, 5) is 15.7. The van der Waals surface area contributed by atoms with Gasteiger partial charge in [-0.2, -0.15) is 0 Å². The summed E-state index contributed by atoms with van der Waals surface area (Å²) in [6, 6.07) is 22.7. The molecule has 1 unspecified atom stereocenters. The van der Waals surface area contributed by atoms with E-state index in [9.17, 15) is 4.79 Å². The summed E-state index contributed by atoms with van der Waals surface area (Å²) in [5, 5.41) is 4.05. The lowest BCUT2D eigenvalue weighted by Crippen LogP contribution is -2.37. The molecule has 1 amide bonds. The van der Waals surface area contributed by atoms with Gasteiger partial charge in [0.15, 0.2) is 5.76 Å². The molecule has 36 heavy (non-hydrogen) atoms. The number of nitrogens with zero attached hydrogens (tertiary/aromatic N) is 1. The first-order valence-electron chi connectivity index (χ1n) is 12.4. The van der Waals surface area contributed by atoms with Gasteiger partial charge >= 0.3 is 0 Å². The normalized spacial score (nSPS) is 15.5. The maximum Gasteiger partial charge on any atom is 0.255 e. The molecule has 1 aromatic heterocycles. The number of furan rings is 1. The van der Waals surface area contributed by atoms with Gasteiger partial charge in [0.2, 0.25) is 0 Å². The summed E-state index contributed by atoms with van der Waals surface area (Å²) < 4.78 is 17.9. The Hall–Kier alpha value is -3.77. The minimum absolute atomic E-state index is 0.174. The van der Waals surface area contributed by atoms with Crippen molar-refractivity contribution in [3.8, 4) is 11.5 Å². The molecule has 1 fully saturated rings. The zero-order valence-corrected chi connectivity index (χ0v) is 21.0. The molecule has 0 saturated carbocycles.